The molecule has 4 rings (SSSR count). The van der Waals surface area contributed by atoms with Gasteiger partial charge in [0.2, 0.25) is 0 Å². The average Bonchev–Trinajstić information content (AvgIpc) is 3.40. The summed E-state index contributed by atoms with van der Waals surface area (Å²) in [7, 11) is 4.04. The Labute approximate surface area is 171 Å². The largest absolute Gasteiger partial charge is 0.349 e. The first-order valence-electron chi connectivity index (χ1n) is 10.0. The smallest absolute Gasteiger partial charge is 0.251 e. The first-order chi connectivity index (χ1) is 14.0. The van der Waals surface area contributed by atoms with E-state index >= 15 is 0 Å². The van der Waals surface area contributed by atoms with Gasteiger partial charge in [-0.25, -0.2) is 9.67 Å². The summed E-state index contributed by atoms with van der Waals surface area (Å²) in [5.41, 5.74) is 4.53. The molecule has 1 heterocycles. The first-order valence-corrected chi connectivity index (χ1v) is 10.0. The van der Waals surface area contributed by atoms with E-state index in [4.69, 9.17) is 0 Å². The molecule has 0 bridgehead atoms. The molecule has 1 atom stereocenters. The summed E-state index contributed by atoms with van der Waals surface area (Å²) in [5.74, 6) is 0.822. The van der Waals surface area contributed by atoms with Crippen molar-refractivity contribution in [2.45, 2.75) is 38.8 Å². The van der Waals surface area contributed by atoms with E-state index in [9.17, 15) is 4.79 Å². The molecule has 1 amide bonds. The van der Waals surface area contributed by atoms with E-state index in [-0.39, 0.29) is 11.9 Å². The highest BCUT2D eigenvalue weighted by Gasteiger charge is 2.26. The molecule has 1 aromatic heterocycles. The average molecular weight is 390 g/mol. The molecule has 2 aromatic carbocycles. The molecule has 6 nitrogen and oxygen atoms in total. The monoisotopic (exact) mass is 389 g/mol. The number of nitrogens with zero attached hydrogens (tertiary/aromatic N) is 4. The minimum absolute atomic E-state index is 0.0219. The van der Waals surface area contributed by atoms with Crippen LogP contribution >= 0.6 is 0 Å². The summed E-state index contributed by atoms with van der Waals surface area (Å²) in [6.45, 7) is 4.08. The van der Waals surface area contributed by atoms with Gasteiger partial charge in [-0.05, 0) is 69.6 Å². The Morgan fingerprint density at radius 2 is 1.90 bits per heavy atom. The second kappa shape index (κ2) is 7.79. The molecule has 29 heavy (non-hydrogen) atoms. The number of rotatable bonds is 6. The Kier molecular flexibility index (Phi) is 5.20. The molecule has 0 saturated heterocycles. The zero-order valence-electron chi connectivity index (χ0n) is 17.4. The summed E-state index contributed by atoms with van der Waals surface area (Å²) in [6, 6.07) is 14.6. The molecular formula is C23H27N5O. The van der Waals surface area contributed by atoms with Crippen molar-refractivity contribution in [1.82, 2.24) is 25.0 Å². The lowest BCUT2D eigenvalue weighted by atomic mass is 9.97. The third-order valence-corrected chi connectivity index (χ3v) is 5.60. The fourth-order valence-corrected chi connectivity index (χ4v) is 3.39. The van der Waals surface area contributed by atoms with Gasteiger partial charge in [0.25, 0.3) is 5.91 Å². The van der Waals surface area contributed by atoms with E-state index in [1.165, 1.54) is 0 Å². The van der Waals surface area contributed by atoms with Crippen LogP contribution in [0.5, 0.6) is 0 Å². The molecule has 0 radical (unpaired) electrons. The number of carbonyl (C=O) groups excluding carboxylic acids is 1. The van der Waals surface area contributed by atoms with Gasteiger partial charge in [-0.2, -0.15) is 5.10 Å². The van der Waals surface area contributed by atoms with Crippen molar-refractivity contribution in [1.29, 1.82) is 0 Å². The maximum atomic E-state index is 13.0. The number of carbonyl (C=O) groups is 1. The molecule has 0 spiro atoms. The lowest BCUT2D eigenvalue weighted by molar-refractivity contribution is 0.0950. The van der Waals surface area contributed by atoms with Crippen LogP contribution in [0.2, 0.25) is 0 Å². The molecule has 1 saturated carbocycles. The highest BCUT2D eigenvalue weighted by molar-refractivity contribution is 5.98. The van der Waals surface area contributed by atoms with Gasteiger partial charge >= 0.3 is 0 Å². The van der Waals surface area contributed by atoms with Gasteiger partial charge < -0.3 is 5.32 Å². The number of nitrogens with one attached hydrogen (secondary N) is 1. The van der Waals surface area contributed by atoms with E-state index in [1.807, 2.05) is 50.0 Å². The van der Waals surface area contributed by atoms with Crippen LogP contribution in [0.25, 0.3) is 16.8 Å². The third kappa shape index (κ3) is 3.93. The number of amides is 1. The number of hydrogen-bond acceptors (Lipinski definition) is 4. The molecule has 1 aliphatic rings. The predicted octanol–water partition coefficient (Wildman–Crippen LogP) is 3.76. The number of hydrogen-bond donors (Lipinski definition) is 1. The van der Waals surface area contributed by atoms with E-state index < -0.39 is 0 Å². The van der Waals surface area contributed by atoms with Crippen LogP contribution in [0.3, 0.4) is 0 Å². The van der Waals surface area contributed by atoms with Gasteiger partial charge in [-0.1, -0.05) is 30.3 Å². The van der Waals surface area contributed by atoms with Crippen molar-refractivity contribution in [3.05, 3.63) is 65.7 Å². The summed E-state index contributed by atoms with van der Waals surface area (Å²) in [4.78, 5) is 19.6. The van der Waals surface area contributed by atoms with Crippen molar-refractivity contribution in [3.8, 4) is 16.8 Å². The molecule has 1 N–H and O–H groups in total. The summed E-state index contributed by atoms with van der Waals surface area (Å²) < 4.78 is 1.86. The minimum atomic E-state index is -0.0219. The number of aromatic nitrogens is 3. The van der Waals surface area contributed by atoms with Crippen LogP contribution < -0.4 is 5.32 Å². The van der Waals surface area contributed by atoms with Crippen LogP contribution in [-0.4, -0.2) is 45.7 Å². The highest BCUT2D eigenvalue weighted by Crippen LogP contribution is 2.30. The first kappa shape index (κ1) is 19.3. The molecule has 0 aliphatic heterocycles. The van der Waals surface area contributed by atoms with E-state index in [2.05, 4.69) is 45.4 Å². The molecular weight excluding hydrogens is 362 g/mol. The van der Waals surface area contributed by atoms with Crippen molar-refractivity contribution in [2.24, 2.45) is 0 Å². The maximum absolute atomic E-state index is 13.0. The van der Waals surface area contributed by atoms with Crippen molar-refractivity contribution >= 4 is 5.91 Å². The van der Waals surface area contributed by atoms with Gasteiger partial charge in [-0.15, -0.1) is 0 Å². The maximum Gasteiger partial charge on any atom is 0.251 e. The topological polar surface area (TPSA) is 63.1 Å². The molecule has 1 fully saturated rings. The molecule has 1 unspecified atom stereocenters. The van der Waals surface area contributed by atoms with Crippen molar-refractivity contribution in [2.75, 3.05) is 14.1 Å². The SMILES string of the molecule is Cc1c(C(=O)NC2CC2)cc(-c2ccccc2)cc1-n1ncnc1C(C)N(C)C. The van der Waals surface area contributed by atoms with Crippen LogP contribution in [0.1, 0.15) is 47.6 Å². The van der Waals surface area contributed by atoms with Gasteiger partial charge in [0, 0.05) is 11.6 Å². The van der Waals surface area contributed by atoms with E-state index in [0.29, 0.717) is 11.6 Å². The second-order valence-corrected chi connectivity index (χ2v) is 7.95. The standard InChI is InChI=1S/C23H27N5O/c1-15-20(23(29)26-19-10-11-19)12-18(17-8-6-5-7-9-17)13-21(15)28-22(24-14-25-28)16(2)27(3)4/h5-9,12-14,16,19H,10-11H2,1-4H3,(H,26,29). The summed E-state index contributed by atoms with van der Waals surface area (Å²) >= 11 is 0. The Morgan fingerprint density at radius 1 is 1.17 bits per heavy atom. The van der Waals surface area contributed by atoms with Gasteiger partial charge in [0.15, 0.2) is 0 Å². The van der Waals surface area contributed by atoms with Crippen LogP contribution in [0.15, 0.2) is 48.8 Å². The molecule has 3 aromatic rings. The van der Waals surface area contributed by atoms with E-state index in [1.54, 1.807) is 6.33 Å². The molecule has 150 valence electrons. The lowest BCUT2D eigenvalue weighted by Gasteiger charge is -2.21. The van der Waals surface area contributed by atoms with Gasteiger partial charge in [0.1, 0.15) is 12.2 Å². The Balaban J connectivity index is 1.87. The summed E-state index contributed by atoms with van der Waals surface area (Å²) in [6.07, 6.45) is 3.70. The molecule has 1 aliphatic carbocycles. The normalized spacial score (nSPS) is 14.8. The predicted molar refractivity (Wildman–Crippen MR) is 114 cm³/mol. The highest BCUT2D eigenvalue weighted by atomic mass is 16.1. The van der Waals surface area contributed by atoms with Crippen LogP contribution in [0, 0.1) is 6.92 Å². The zero-order valence-corrected chi connectivity index (χ0v) is 17.4. The number of benzene rings is 2. The third-order valence-electron chi connectivity index (χ3n) is 5.60. The van der Waals surface area contributed by atoms with E-state index in [0.717, 1.165) is 41.0 Å². The molecule has 6 heteroatoms. The Morgan fingerprint density at radius 3 is 2.55 bits per heavy atom. The fraction of sp³-hybridized carbons (Fsp3) is 0.348. The summed E-state index contributed by atoms with van der Waals surface area (Å²) in [5, 5.41) is 7.63. The van der Waals surface area contributed by atoms with Crippen LogP contribution in [0.4, 0.5) is 0 Å². The lowest BCUT2D eigenvalue weighted by Crippen LogP contribution is -2.27. The van der Waals surface area contributed by atoms with Crippen molar-refractivity contribution in [3.63, 3.8) is 0 Å². The van der Waals surface area contributed by atoms with Gasteiger partial charge in [0.05, 0.1) is 11.7 Å². The Hall–Kier alpha value is -2.99. The second-order valence-electron chi connectivity index (χ2n) is 7.95. The van der Waals surface area contributed by atoms with Crippen LogP contribution in [-0.2, 0) is 0 Å². The Bertz CT molecular complexity index is 1020. The van der Waals surface area contributed by atoms with Gasteiger partial charge in [-0.3, -0.25) is 9.69 Å². The zero-order chi connectivity index (χ0) is 20.5. The van der Waals surface area contributed by atoms with Crippen molar-refractivity contribution < 1.29 is 4.79 Å². The minimum Gasteiger partial charge on any atom is -0.349 e. The quantitative estimate of drug-likeness (QED) is 0.697. The fourth-order valence-electron chi connectivity index (χ4n) is 3.39.